The predicted octanol–water partition coefficient (Wildman–Crippen LogP) is 2.00. The summed E-state index contributed by atoms with van der Waals surface area (Å²) in [6.07, 6.45) is 2.06. The molecule has 1 amide bonds. The van der Waals surface area contributed by atoms with Crippen LogP contribution in [-0.2, 0) is 4.74 Å². The van der Waals surface area contributed by atoms with Crippen LogP contribution in [0.5, 0.6) is 5.75 Å². The third kappa shape index (κ3) is 2.82. The molecule has 0 bridgehead atoms. The smallest absolute Gasteiger partial charge is 0.251 e. The zero-order chi connectivity index (χ0) is 13.1. The first-order valence-electron chi connectivity index (χ1n) is 6.32. The van der Waals surface area contributed by atoms with E-state index in [1.807, 2.05) is 13.8 Å². The van der Waals surface area contributed by atoms with Crippen molar-refractivity contribution in [3.63, 3.8) is 0 Å². The SMILES string of the molecule is CCOC1CC(NC(=O)c2ccc(O)cc2C)C1. The van der Waals surface area contributed by atoms with Crippen LogP contribution in [0.3, 0.4) is 0 Å². The Kier molecular flexibility index (Phi) is 3.87. The van der Waals surface area contributed by atoms with Crippen LogP contribution in [0.25, 0.3) is 0 Å². The lowest BCUT2D eigenvalue weighted by molar-refractivity contribution is -0.00862. The molecule has 4 nitrogen and oxygen atoms in total. The summed E-state index contributed by atoms with van der Waals surface area (Å²) in [7, 11) is 0. The van der Waals surface area contributed by atoms with Gasteiger partial charge in [0.05, 0.1) is 6.10 Å². The van der Waals surface area contributed by atoms with Gasteiger partial charge in [0.15, 0.2) is 0 Å². The van der Waals surface area contributed by atoms with Crippen molar-refractivity contribution >= 4 is 5.91 Å². The van der Waals surface area contributed by atoms with Gasteiger partial charge in [-0.1, -0.05) is 0 Å². The highest BCUT2D eigenvalue weighted by atomic mass is 16.5. The minimum atomic E-state index is -0.0764. The fourth-order valence-corrected chi connectivity index (χ4v) is 2.22. The lowest BCUT2D eigenvalue weighted by Gasteiger charge is -2.35. The van der Waals surface area contributed by atoms with Gasteiger partial charge in [0.1, 0.15) is 5.75 Å². The van der Waals surface area contributed by atoms with Gasteiger partial charge in [0.2, 0.25) is 0 Å². The van der Waals surface area contributed by atoms with E-state index in [-0.39, 0.29) is 17.7 Å². The fourth-order valence-electron chi connectivity index (χ4n) is 2.22. The summed E-state index contributed by atoms with van der Waals surface area (Å²) < 4.78 is 5.45. The number of rotatable bonds is 4. The van der Waals surface area contributed by atoms with Crippen molar-refractivity contribution in [1.82, 2.24) is 5.32 Å². The van der Waals surface area contributed by atoms with Crippen molar-refractivity contribution < 1.29 is 14.6 Å². The second-order valence-electron chi connectivity index (χ2n) is 4.72. The average molecular weight is 249 g/mol. The third-order valence-electron chi connectivity index (χ3n) is 3.29. The van der Waals surface area contributed by atoms with Crippen molar-refractivity contribution in [2.24, 2.45) is 0 Å². The van der Waals surface area contributed by atoms with E-state index >= 15 is 0 Å². The Balaban J connectivity index is 1.89. The maximum Gasteiger partial charge on any atom is 0.251 e. The molecule has 2 rings (SSSR count). The quantitative estimate of drug-likeness (QED) is 0.858. The van der Waals surface area contributed by atoms with Gasteiger partial charge in [-0.2, -0.15) is 0 Å². The van der Waals surface area contributed by atoms with E-state index in [9.17, 15) is 9.90 Å². The topological polar surface area (TPSA) is 58.6 Å². The minimum Gasteiger partial charge on any atom is -0.508 e. The average Bonchev–Trinajstić information content (AvgIpc) is 2.26. The largest absolute Gasteiger partial charge is 0.508 e. The molecule has 1 aromatic carbocycles. The van der Waals surface area contributed by atoms with Crippen LogP contribution >= 0.6 is 0 Å². The number of ether oxygens (including phenoxy) is 1. The van der Waals surface area contributed by atoms with Crippen LogP contribution in [0.15, 0.2) is 18.2 Å². The summed E-state index contributed by atoms with van der Waals surface area (Å²) >= 11 is 0. The molecule has 0 atom stereocenters. The Morgan fingerprint density at radius 3 is 2.83 bits per heavy atom. The van der Waals surface area contributed by atoms with E-state index in [1.54, 1.807) is 12.1 Å². The fraction of sp³-hybridized carbons (Fsp3) is 0.500. The molecule has 98 valence electrons. The first-order valence-corrected chi connectivity index (χ1v) is 6.32. The summed E-state index contributed by atoms with van der Waals surface area (Å²) in [5.41, 5.74) is 1.40. The van der Waals surface area contributed by atoms with E-state index in [2.05, 4.69) is 5.32 Å². The standard InChI is InChI=1S/C14H19NO3/c1-3-18-12-7-10(8-12)15-14(17)13-5-4-11(16)6-9(13)2/h4-6,10,12,16H,3,7-8H2,1-2H3,(H,15,17). The number of hydrogen-bond donors (Lipinski definition) is 2. The van der Waals surface area contributed by atoms with E-state index < -0.39 is 0 Å². The van der Waals surface area contributed by atoms with E-state index in [1.165, 1.54) is 6.07 Å². The highest BCUT2D eigenvalue weighted by molar-refractivity contribution is 5.96. The number of nitrogens with one attached hydrogen (secondary N) is 1. The van der Waals surface area contributed by atoms with Gasteiger partial charge in [-0.05, 0) is 50.5 Å². The molecule has 0 unspecified atom stereocenters. The third-order valence-corrected chi connectivity index (χ3v) is 3.29. The molecule has 0 aliphatic heterocycles. The van der Waals surface area contributed by atoms with Crippen molar-refractivity contribution in [2.75, 3.05) is 6.61 Å². The Morgan fingerprint density at radius 2 is 2.22 bits per heavy atom. The zero-order valence-corrected chi connectivity index (χ0v) is 10.8. The number of carbonyl (C=O) groups excluding carboxylic acids is 1. The van der Waals surface area contributed by atoms with Gasteiger partial charge in [-0.3, -0.25) is 4.79 Å². The van der Waals surface area contributed by atoms with Gasteiger partial charge in [0.25, 0.3) is 5.91 Å². The van der Waals surface area contributed by atoms with Gasteiger partial charge in [-0.25, -0.2) is 0 Å². The van der Waals surface area contributed by atoms with Gasteiger partial charge >= 0.3 is 0 Å². The van der Waals surface area contributed by atoms with Crippen molar-refractivity contribution in [1.29, 1.82) is 0 Å². The number of phenolic OH excluding ortho intramolecular Hbond substituents is 1. The Bertz CT molecular complexity index is 439. The second kappa shape index (κ2) is 5.40. The van der Waals surface area contributed by atoms with Gasteiger partial charge in [-0.15, -0.1) is 0 Å². The minimum absolute atomic E-state index is 0.0764. The summed E-state index contributed by atoms with van der Waals surface area (Å²) in [5, 5.41) is 12.3. The van der Waals surface area contributed by atoms with Crippen LogP contribution in [0.1, 0.15) is 35.7 Å². The highest BCUT2D eigenvalue weighted by Gasteiger charge is 2.31. The maximum absolute atomic E-state index is 12.0. The molecule has 1 aliphatic rings. The molecule has 0 heterocycles. The second-order valence-corrected chi connectivity index (χ2v) is 4.72. The molecule has 0 saturated heterocycles. The molecular weight excluding hydrogens is 230 g/mol. The maximum atomic E-state index is 12.0. The monoisotopic (exact) mass is 249 g/mol. The summed E-state index contributed by atoms with van der Waals surface area (Å²) in [4.78, 5) is 12.0. The molecule has 1 aromatic rings. The number of amides is 1. The molecule has 4 heteroatoms. The number of aryl methyl sites for hydroxylation is 1. The molecule has 1 fully saturated rings. The number of aromatic hydroxyl groups is 1. The lowest BCUT2D eigenvalue weighted by atomic mass is 9.89. The normalized spacial score (nSPS) is 22.3. The van der Waals surface area contributed by atoms with Crippen LogP contribution < -0.4 is 5.32 Å². The number of hydrogen-bond acceptors (Lipinski definition) is 3. The molecule has 0 aromatic heterocycles. The molecule has 2 N–H and O–H groups in total. The molecule has 1 aliphatic carbocycles. The van der Waals surface area contributed by atoms with Crippen LogP contribution in [0, 0.1) is 6.92 Å². The number of benzene rings is 1. The molecule has 0 spiro atoms. The molecule has 18 heavy (non-hydrogen) atoms. The lowest BCUT2D eigenvalue weighted by Crippen LogP contribution is -2.47. The molecule has 0 radical (unpaired) electrons. The Labute approximate surface area is 107 Å². The molecule has 1 saturated carbocycles. The van der Waals surface area contributed by atoms with Crippen molar-refractivity contribution in [3.8, 4) is 5.75 Å². The van der Waals surface area contributed by atoms with E-state index in [0.29, 0.717) is 11.7 Å². The van der Waals surface area contributed by atoms with E-state index in [4.69, 9.17) is 4.74 Å². The first kappa shape index (κ1) is 12.9. The van der Waals surface area contributed by atoms with Crippen LogP contribution in [0.4, 0.5) is 0 Å². The highest BCUT2D eigenvalue weighted by Crippen LogP contribution is 2.24. The summed E-state index contributed by atoms with van der Waals surface area (Å²) in [5.74, 6) is 0.108. The molecular formula is C14H19NO3. The zero-order valence-electron chi connectivity index (χ0n) is 10.8. The van der Waals surface area contributed by atoms with Crippen molar-refractivity contribution in [2.45, 2.75) is 38.8 Å². The Morgan fingerprint density at radius 1 is 1.50 bits per heavy atom. The van der Waals surface area contributed by atoms with Crippen LogP contribution in [-0.4, -0.2) is 29.8 Å². The van der Waals surface area contributed by atoms with E-state index in [0.717, 1.165) is 25.0 Å². The summed E-state index contributed by atoms with van der Waals surface area (Å²) in [6.45, 7) is 4.52. The predicted molar refractivity (Wildman–Crippen MR) is 68.7 cm³/mol. The van der Waals surface area contributed by atoms with Crippen molar-refractivity contribution in [3.05, 3.63) is 29.3 Å². The number of phenols is 1. The summed E-state index contributed by atoms with van der Waals surface area (Å²) in [6, 6.07) is 4.99. The van der Waals surface area contributed by atoms with Gasteiger partial charge < -0.3 is 15.2 Å². The number of carbonyl (C=O) groups is 1. The first-order chi connectivity index (χ1) is 8.60. The Hall–Kier alpha value is -1.55. The van der Waals surface area contributed by atoms with Crippen LogP contribution in [0.2, 0.25) is 0 Å². The van der Waals surface area contributed by atoms with Gasteiger partial charge in [0, 0.05) is 18.2 Å².